The van der Waals surface area contributed by atoms with Crippen molar-refractivity contribution in [1.29, 1.82) is 0 Å². The molecule has 2 aromatic carbocycles. The van der Waals surface area contributed by atoms with Crippen LogP contribution in [0.3, 0.4) is 0 Å². The Kier molecular flexibility index (Phi) is 16.0. The third-order valence-electron chi connectivity index (χ3n) is 11.5. The van der Waals surface area contributed by atoms with Crippen LogP contribution in [-0.2, 0) is 18.9 Å². The average molecular weight is 953 g/mol. The van der Waals surface area contributed by atoms with Crippen LogP contribution >= 0.6 is 22.7 Å². The third kappa shape index (κ3) is 11.7. The largest absolute Gasteiger partial charge is 0.458 e. The summed E-state index contributed by atoms with van der Waals surface area (Å²) >= 11 is 3.27. The van der Waals surface area contributed by atoms with Gasteiger partial charge in [0, 0.05) is 103 Å². The zero-order chi connectivity index (χ0) is 47.5. The highest BCUT2D eigenvalue weighted by molar-refractivity contribution is 7.09. The summed E-state index contributed by atoms with van der Waals surface area (Å²) in [5.74, 6) is 0.431. The first-order valence-corrected chi connectivity index (χ1v) is 24.2. The zero-order valence-electron chi connectivity index (χ0n) is 40.1. The van der Waals surface area contributed by atoms with E-state index in [1.807, 2.05) is 62.4 Å². The minimum absolute atomic E-state index is 0. The molecule has 4 aliphatic rings. The number of hydrogen-bond donors (Lipinski definition) is 0. The highest BCUT2D eigenvalue weighted by Gasteiger charge is 2.38. The number of likely N-dealkylation sites (N-methyl/N-ethyl adjacent to an activating group) is 2. The number of thiophene rings is 2. The molecule has 0 N–H and O–H groups in total. The van der Waals surface area contributed by atoms with E-state index < -0.39 is 23.8 Å². The number of amides is 2. The second kappa shape index (κ2) is 21.1. The Morgan fingerprint density at radius 1 is 0.597 bits per heavy atom. The number of anilines is 2. The Morgan fingerprint density at radius 2 is 0.940 bits per heavy atom. The van der Waals surface area contributed by atoms with E-state index in [0.29, 0.717) is 35.7 Å². The molecule has 0 aliphatic carbocycles. The summed E-state index contributed by atoms with van der Waals surface area (Å²) in [5.41, 5.74) is 2.86. The van der Waals surface area contributed by atoms with E-state index in [9.17, 15) is 9.59 Å². The molecule has 2 saturated heterocycles. The monoisotopic (exact) mass is 952 g/mol. The molecule has 0 bridgehead atoms. The molecule has 4 aromatic rings. The van der Waals surface area contributed by atoms with Gasteiger partial charge in [0.15, 0.2) is 0 Å². The van der Waals surface area contributed by atoms with Gasteiger partial charge in [0.05, 0.1) is 44.7 Å². The van der Waals surface area contributed by atoms with Crippen molar-refractivity contribution in [3.63, 3.8) is 0 Å². The van der Waals surface area contributed by atoms with Gasteiger partial charge in [0.25, 0.3) is 0 Å². The lowest BCUT2D eigenvalue weighted by Gasteiger charge is -2.39. The van der Waals surface area contributed by atoms with Gasteiger partial charge in [0.1, 0.15) is 21.0 Å². The molecule has 8 rings (SSSR count). The van der Waals surface area contributed by atoms with Crippen molar-refractivity contribution >= 4 is 69.3 Å². The predicted molar refractivity (Wildman–Crippen MR) is 271 cm³/mol. The Morgan fingerprint density at radius 3 is 1.28 bits per heavy atom. The minimum Gasteiger partial charge on any atom is -0.458 e. The number of piperazine rings is 2. The van der Waals surface area contributed by atoms with Crippen LogP contribution in [-0.4, -0.2) is 110 Å². The van der Waals surface area contributed by atoms with Crippen LogP contribution in [0.15, 0.2) is 95.3 Å². The van der Waals surface area contributed by atoms with E-state index in [0.717, 1.165) is 105 Å². The molecule has 2 fully saturated rings. The molecule has 14 nitrogen and oxygen atoms in total. The van der Waals surface area contributed by atoms with Gasteiger partial charge in [0.2, 0.25) is 11.6 Å². The van der Waals surface area contributed by atoms with Crippen molar-refractivity contribution in [1.82, 2.24) is 19.6 Å². The first-order valence-electron chi connectivity index (χ1n) is 22.6. The van der Waals surface area contributed by atoms with Crippen molar-refractivity contribution in [2.75, 3.05) is 76.3 Å². The normalized spacial score (nSPS) is 16.2. The molecular weight excluding hydrogens is 885 g/mol. The first-order chi connectivity index (χ1) is 31.4. The van der Waals surface area contributed by atoms with Crippen LogP contribution < -0.4 is 29.6 Å². The van der Waals surface area contributed by atoms with E-state index in [4.69, 9.17) is 28.9 Å². The lowest BCUT2D eigenvalue weighted by atomic mass is 10.2. The van der Waals surface area contributed by atoms with Crippen molar-refractivity contribution in [3.05, 3.63) is 115 Å². The van der Waals surface area contributed by atoms with Gasteiger partial charge in [-0.2, -0.15) is 0 Å². The van der Waals surface area contributed by atoms with Gasteiger partial charge in [-0.25, -0.2) is 29.4 Å². The topological polar surface area (TPSA) is 115 Å². The van der Waals surface area contributed by atoms with Crippen molar-refractivity contribution in [2.45, 2.75) is 87.2 Å². The highest BCUT2D eigenvalue weighted by atomic mass is 32.1. The van der Waals surface area contributed by atoms with Crippen LogP contribution in [0, 0.1) is 13.8 Å². The van der Waals surface area contributed by atoms with Gasteiger partial charge >= 0.3 is 12.2 Å². The van der Waals surface area contributed by atoms with Crippen LogP contribution in [0.4, 0.5) is 32.3 Å². The van der Waals surface area contributed by atoms with Gasteiger partial charge in [-0.15, -0.1) is 22.7 Å². The maximum Gasteiger partial charge on any atom is 0.423 e. The predicted octanol–water partition coefficient (Wildman–Crippen LogP) is 8.54. The zero-order valence-corrected chi connectivity index (χ0v) is 41.7. The van der Waals surface area contributed by atoms with E-state index in [1.54, 1.807) is 60.2 Å². The number of para-hydroxylation sites is 4. The summed E-state index contributed by atoms with van der Waals surface area (Å²) in [6.45, 7) is 29.6. The number of nitrogens with zero attached hydrogens (tertiary/aromatic N) is 8. The molecule has 0 atom stereocenters. The van der Waals surface area contributed by atoms with Crippen LogP contribution in [0.2, 0.25) is 0 Å². The summed E-state index contributed by atoms with van der Waals surface area (Å²) in [5, 5.41) is 1.90. The Labute approximate surface area is 404 Å². The molecule has 2 aromatic heterocycles. The number of ether oxygens (including phenoxy) is 4. The molecule has 0 unspecified atom stereocenters. The number of allylic oxidation sites excluding steroid dienone is 2. The number of fused-ring (bicyclic) bond motifs is 4. The van der Waals surface area contributed by atoms with E-state index in [1.165, 1.54) is 0 Å². The van der Waals surface area contributed by atoms with Crippen molar-refractivity contribution < 1.29 is 28.5 Å². The Bertz CT molecular complexity index is 2540. The molecule has 0 radical (unpaired) electrons. The van der Waals surface area contributed by atoms with Crippen molar-refractivity contribution in [3.8, 4) is 0 Å². The van der Waals surface area contributed by atoms with Crippen LogP contribution in [0.1, 0.15) is 71.6 Å². The average Bonchev–Trinajstić information content (AvgIpc) is 3.73. The molecule has 0 spiro atoms. The van der Waals surface area contributed by atoms with Gasteiger partial charge in [-0.05, 0) is 64.3 Å². The molecule has 0 saturated carbocycles. The molecule has 4 aliphatic heterocycles. The van der Waals surface area contributed by atoms with Crippen LogP contribution in [0.5, 0.6) is 0 Å². The van der Waals surface area contributed by atoms with E-state index >= 15 is 0 Å². The third-order valence-corrected chi connectivity index (χ3v) is 13.4. The first kappa shape index (κ1) is 50.7. The minimum atomic E-state index is -1.16. The standard InChI is InChI=1S/2C25H32N4O3S.CH4/c2*1-7-17(2)31-25(4,5)32-24(30)29-21-11-9-8-10-20(21)26-22-19(16-18(3)33-22)23(29)28-14-12-27(6)13-15-28;/h2*8-11,16H,2,7,12-15H2,1,3-6H3;1H4. The molecular formula is C51H68N8O6S2. The summed E-state index contributed by atoms with van der Waals surface area (Å²) in [4.78, 5) is 52.3. The highest BCUT2D eigenvalue weighted by Crippen LogP contribution is 2.37. The van der Waals surface area contributed by atoms with E-state index in [2.05, 4.69) is 72.8 Å². The summed E-state index contributed by atoms with van der Waals surface area (Å²) in [6, 6.07) is 19.6. The maximum atomic E-state index is 13.8. The molecule has 16 heteroatoms. The fourth-order valence-corrected chi connectivity index (χ4v) is 9.87. The number of carbonyl (C=O) groups is 2. The smallest absolute Gasteiger partial charge is 0.423 e. The Balaban J connectivity index is 0.000000218. The lowest BCUT2D eigenvalue weighted by Crippen LogP contribution is -2.51. The van der Waals surface area contributed by atoms with Crippen molar-refractivity contribution in [2.24, 2.45) is 9.98 Å². The number of carbonyl (C=O) groups excluding carboxylic acids is 2. The fourth-order valence-electron chi connectivity index (χ4n) is 8.10. The van der Waals surface area contributed by atoms with Gasteiger partial charge < -0.3 is 38.5 Å². The quantitative estimate of drug-likeness (QED) is 0.113. The molecule has 6 heterocycles. The fraction of sp³-hybridized carbons (Fsp3) is 0.451. The molecule has 2 amide bonds. The molecule has 360 valence electrons. The number of benzene rings is 2. The Hall–Kier alpha value is -5.68. The number of hydrogen-bond acceptors (Lipinski definition) is 14. The van der Waals surface area contributed by atoms with Gasteiger partial charge in [-0.3, -0.25) is 0 Å². The number of aryl methyl sites for hydroxylation is 2. The second-order valence-corrected chi connectivity index (χ2v) is 20.2. The molecule has 67 heavy (non-hydrogen) atoms. The van der Waals surface area contributed by atoms with Crippen LogP contribution in [0.25, 0.3) is 11.6 Å². The van der Waals surface area contributed by atoms with E-state index in [-0.39, 0.29) is 7.43 Å². The lowest BCUT2D eigenvalue weighted by molar-refractivity contribution is -0.149. The summed E-state index contributed by atoms with van der Waals surface area (Å²) in [7, 11) is 4.23. The summed E-state index contributed by atoms with van der Waals surface area (Å²) in [6.07, 6.45) is 0.278. The number of rotatable bonds is 10. The second-order valence-electron chi connectivity index (χ2n) is 17.8. The van der Waals surface area contributed by atoms with Gasteiger partial charge in [-0.1, -0.05) is 58.7 Å². The summed E-state index contributed by atoms with van der Waals surface area (Å²) < 4.78 is 25.3. The SMILES string of the molecule is C.C=C(CC)OC(C)(C)OC(=O)N1C(N2CCN(C)CC2)=c2cc(C)sc2=Nc2ccccc21.C=C(CC)OC(C)(C)OC(=O)N1C(N2CCN(C)CC2)=c2cc(C)sc2=Nc2ccccc21. The maximum absolute atomic E-state index is 13.8.